The van der Waals surface area contributed by atoms with Crippen molar-refractivity contribution in [2.45, 2.75) is 32.4 Å². The number of nitrogens with zero attached hydrogens (tertiary/aromatic N) is 4. The summed E-state index contributed by atoms with van der Waals surface area (Å²) in [6.07, 6.45) is 5.78. The Morgan fingerprint density at radius 1 is 1.31 bits per heavy atom. The molecule has 2 saturated heterocycles. The van der Waals surface area contributed by atoms with Gasteiger partial charge in [-0.1, -0.05) is 0 Å². The van der Waals surface area contributed by atoms with Crippen molar-refractivity contribution in [3.63, 3.8) is 0 Å². The van der Waals surface area contributed by atoms with Crippen LogP contribution in [0.4, 0.5) is 0 Å². The topological polar surface area (TPSA) is 114 Å². The number of aromatic nitrogens is 3. The van der Waals surface area contributed by atoms with Crippen LogP contribution in [0, 0.1) is 12.8 Å². The molecule has 4 heterocycles. The largest absolute Gasteiger partial charge is 0.352 e. The standard InChI is InChI=1S/C19H23N5O4S/c1-13-20-5-6-23(13)17-8-14(2-4-21-17)10-22-19(26)15-9-18(25)24(11-15)16-3-7-29(27,28)12-16/h2,4-6,8,15-16H,3,7,9-12H2,1H3,(H,22,26)/t15-,16+/m1/s1. The first-order valence-corrected chi connectivity index (χ1v) is 11.4. The van der Waals surface area contributed by atoms with Gasteiger partial charge in [0.05, 0.1) is 17.4 Å². The number of nitrogens with one attached hydrogen (secondary N) is 1. The third kappa shape index (κ3) is 4.16. The van der Waals surface area contributed by atoms with Crippen LogP contribution in [0.5, 0.6) is 0 Å². The number of carbonyl (C=O) groups is 2. The number of hydrogen-bond acceptors (Lipinski definition) is 6. The maximum atomic E-state index is 12.6. The summed E-state index contributed by atoms with van der Waals surface area (Å²) >= 11 is 0. The molecule has 154 valence electrons. The summed E-state index contributed by atoms with van der Waals surface area (Å²) in [5.41, 5.74) is 0.888. The zero-order valence-corrected chi connectivity index (χ0v) is 16.9. The molecule has 9 nitrogen and oxygen atoms in total. The highest BCUT2D eigenvalue weighted by atomic mass is 32.2. The number of amides is 2. The van der Waals surface area contributed by atoms with Crippen molar-refractivity contribution < 1.29 is 18.0 Å². The predicted molar refractivity (Wildman–Crippen MR) is 105 cm³/mol. The van der Waals surface area contributed by atoms with Crippen LogP contribution in [0.3, 0.4) is 0 Å². The van der Waals surface area contributed by atoms with E-state index in [1.54, 1.807) is 17.3 Å². The fourth-order valence-electron chi connectivity index (χ4n) is 3.94. The van der Waals surface area contributed by atoms with Crippen LogP contribution >= 0.6 is 0 Å². The molecule has 2 fully saturated rings. The van der Waals surface area contributed by atoms with E-state index in [1.807, 2.05) is 29.8 Å². The summed E-state index contributed by atoms with van der Waals surface area (Å²) in [5.74, 6) is 0.851. The van der Waals surface area contributed by atoms with Crippen LogP contribution < -0.4 is 5.32 Å². The Morgan fingerprint density at radius 3 is 2.83 bits per heavy atom. The minimum absolute atomic E-state index is 0.000534. The molecule has 2 aromatic rings. The molecule has 2 atom stereocenters. The molecule has 1 N–H and O–H groups in total. The molecule has 0 spiro atoms. The molecule has 2 aliphatic heterocycles. The number of rotatable bonds is 5. The average Bonchev–Trinajstić information content (AvgIpc) is 3.38. The Balaban J connectivity index is 1.36. The Bertz CT molecular complexity index is 1050. The summed E-state index contributed by atoms with van der Waals surface area (Å²) in [4.78, 5) is 35.0. The van der Waals surface area contributed by atoms with Crippen LogP contribution in [0.15, 0.2) is 30.7 Å². The van der Waals surface area contributed by atoms with E-state index in [1.165, 1.54) is 0 Å². The molecule has 10 heteroatoms. The van der Waals surface area contributed by atoms with Gasteiger partial charge in [-0.15, -0.1) is 0 Å². The van der Waals surface area contributed by atoms with Gasteiger partial charge in [-0.25, -0.2) is 18.4 Å². The lowest BCUT2D eigenvalue weighted by molar-refractivity contribution is -0.130. The molecule has 2 amide bonds. The number of likely N-dealkylation sites (tertiary alicyclic amines) is 1. The predicted octanol–water partition coefficient (Wildman–Crippen LogP) is 0.228. The SMILES string of the molecule is Cc1nccn1-c1cc(CNC(=O)[C@@H]2CC(=O)N([C@H]3CCS(=O)(=O)C3)C2)ccn1. The molecule has 0 aromatic carbocycles. The monoisotopic (exact) mass is 417 g/mol. The summed E-state index contributed by atoms with van der Waals surface area (Å²) < 4.78 is 25.2. The van der Waals surface area contributed by atoms with Gasteiger partial charge in [0.2, 0.25) is 11.8 Å². The first-order valence-electron chi connectivity index (χ1n) is 9.55. The highest BCUT2D eigenvalue weighted by molar-refractivity contribution is 7.91. The summed E-state index contributed by atoms with van der Waals surface area (Å²) in [7, 11) is -3.07. The Kier molecular flexibility index (Phi) is 5.12. The molecule has 0 saturated carbocycles. The van der Waals surface area contributed by atoms with Crippen molar-refractivity contribution in [3.8, 4) is 5.82 Å². The molecule has 29 heavy (non-hydrogen) atoms. The van der Waals surface area contributed by atoms with Crippen molar-refractivity contribution in [1.82, 2.24) is 24.8 Å². The van der Waals surface area contributed by atoms with Gasteiger partial charge in [0.1, 0.15) is 11.6 Å². The highest BCUT2D eigenvalue weighted by Gasteiger charge is 2.41. The van der Waals surface area contributed by atoms with Crippen LogP contribution in [0.1, 0.15) is 24.2 Å². The normalized spacial score (nSPS) is 23.5. The zero-order chi connectivity index (χ0) is 20.6. The number of aryl methyl sites for hydroxylation is 1. The van der Waals surface area contributed by atoms with Gasteiger partial charge in [0.15, 0.2) is 9.84 Å². The first-order chi connectivity index (χ1) is 13.8. The second-order valence-electron chi connectivity index (χ2n) is 7.59. The fraction of sp³-hybridized carbons (Fsp3) is 0.474. The summed E-state index contributed by atoms with van der Waals surface area (Å²) in [5, 5.41) is 2.89. The number of hydrogen-bond donors (Lipinski definition) is 1. The lowest BCUT2D eigenvalue weighted by Gasteiger charge is -2.22. The van der Waals surface area contributed by atoms with E-state index in [9.17, 15) is 18.0 Å². The molecule has 0 bridgehead atoms. The molecule has 2 aromatic heterocycles. The Labute approximate surface area is 169 Å². The smallest absolute Gasteiger partial charge is 0.225 e. The summed E-state index contributed by atoms with van der Waals surface area (Å²) in [6, 6.07) is 3.40. The van der Waals surface area contributed by atoms with Crippen molar-refractivity contribution in [3.05, 3.63) is 42.1 Å². The fourth-order valence-corrected chi connectivity index (χ4v) is 5.67. The number of pyridine rings is 1. The number of sulfone groups is 1. The minimum Gasteiger partial charge on any atom is -0.352 e. The molecular weight excluding hydrogens is 394 g/mol. The van der Waals surface area contributed by atoms with E-state index in [4.69, 9.17) is 0 Å². The van der Waals surface area contributed by atoms with Gasteiger partial charge >= 0.3 is 0 Å². The molecule has 4 rings (SSSR count). The van der Waals surface area contributed by atoms with Crippen molar-refractivity contribution in [1.29, 1.82) is 0 Å². The van der Waals surface area contributed by atoms with Crippen LogP contribution in [0.25, 0.3) is 5.82 Å². The lowest BCUT2D eigenvalue weighted by Crippen LogP contribution is -2.39. The van der Waals surface area contributed by atoms with E-state index in [-0.39, 0.29) is 42.3 Å². The first kappa shape index (κ1) is 19.6. The van der Waals surface area contributed by atoms with Gasteiger partial charge in [-0.05, 0) is 31.0 Å². The minimum atomic E-state index is -3.07. The molecule has 0 unspecified atom stereocenters. The molecule has 2 aliphatic rings. The van der Waals surface area contributed by atoms with Crippen LogP contribution in [-0.2, 0) is 26.0 Å². The van der Waals surface area contributed by atoms with Crippen LogP contribution in [-0.4, -0.2) is 63.8 Å². The van der Waals surface area contributed by atoms with E-state index in [2.05, 4.69) is 15.3 Å². The van der Waals surface area contributed by atoms with Crippen molar-refractivity contribution in [2.75, 3.05) is 18.1 Å². The van der Waals surface area contributed by atoms with Crippen LogP contribution in [0.2, 0.25) is 0 Å². The Hall–Kier alpha value is -2.75. The quantitative estimate of drug-likeness (QED) is 0.745. The van der Waals surface area contributed by atoms with Crippen molar-refractivity contribution >= 4 is 21.7 Å². The van der Waals surface area contributed by atoms with Crippen molar-refractivity contribution in [2.24, 2.45) is 5.92 Å². The van der Waals surface area contributed by atoms with Gasteiger partial charge in [0, 0.05) is 44.1 Å². The van der Waals surface area contributed by atoms with E-state index < -0.39 is 15.8 Å². The van der Waals surface area contributed by atoms with E-state index in [0.717, 1.165) is 17.2 Å². The lowest BCUT2D eigenvalue weighted by atomic mass is 10.1. The molecular formula is C19H23N5O4S. The highest BCUT2D eigenvalue weighted by Crippen LogP contribution is 2.26. The van der Waals surface area contributed by atoms with E-state index >= 15 is 0 Å². The van der Waals surface area contributed by atoms with Gasteiger partial charge in [-0.3, -0.25) is 14.2 Å². The van der Waals surface area contributed by atoms with E-state index in [0.29, 0.717) is 13.0 Å². The summed E-state index contributed by atoms with van der Waals surface area (Å²) in [6.45, 7) is 2.49. The Morgan fingerprint density at radius 2 is 2.14 bits per heavy atom. The average molecular weight is 417 g/mol. The third-order valence-corrected chi connectivity index (χ3v) is 7.28. The molecule has 0 aliphatic carbocycles. The maximum Gasteiger partial charge on any atom is 0.225 e. The molecule has 0 radical (unpaired) electrons. The van der Waals surface area contributed by atoms with Gasteiger partial charge < -0.3 is 10.2 Å². The third-order valence-electron chi connectivity index (χ3n) is 5.53. The maximum absolute atomic E-state index is 12.6. The number of imidazole rings is 1. The second kappa shape index (κ2) is 7.58. The van der Waals surface area contributed by atoms with Gasteiger partial charge in [-0.2, -0.15) is 0 Å². The zero-order valence-electron chi connectivity index (χ0n) is 16.1. The number of carbonyl (C=O) groups excluding carboxylic acids is 2. The second-order valence-corrected chi connectivity index (χ2v) is 9.82. The van der Waals surface area contributed by atoms with Gasteiger partial charge in [0.25, 0.3) is 0 Å².